The Labute approximate surface area is 125 Å². The highest BCUT2D eigenvalue weighted by Crippen LogP contribution is 2.23. The van der Waals surface area contributed by atoms with E-state index in [1.54, 1.807) is 24.3 Å². The zero-order chi connectivity index (χ0) is 15.5. The van der Waals surface area contributed by atoms with E-state index >= 15 is 0 Å². The summed E-state index contributed by atoms with van der Waals surface area (Å²) in [6.45, 7) is 2.86. The summed E-state index contributed by atoms with van der Waals surface area (Å²) in [4.78, 5) is 12.3. The Morgan fingerprint density at radius 3 is 2.57 bits per heavy atom. The van der Waals surface area contributed by atoms with Crippen molar-refractivity contribution in [3.63, 3.8) is 0 Å². The molecule has 0 aliphatic carbocycles. The molecule has 0 aromatic heterocycles. The standard InChI is InChI=1S/C14H21N3O3S/c1-10-6-5-9-15-13(10)14(18)16-11-7-3-4-8-12(11)17-21(2,19)20/h3-4,7-8,10,13,15,17H,5-6,9H2,1-2H3,(H,16,18). The van der Waals surface area contributed by atoms with Gasteiger partial charge in [0.1, 0.15) is 0 Å². The van der Waals surface area contributed by atoms with E-state index in [1.165, 1.54) is 0 Å². The Bertz CT molecular complexity index is 616. The van der Waals surface area contributed by atoms with Gasteiger partial charge in [0.15, 0.2) is 0 Å². The van der Waals surface area contributed by atoms with E-state index in [0.717, 1.165) is 25.6 Å². The van der Waals surface area contributed by atoms with Gasteiger partial charge in [0.2, 0.25) is 15.9 Å². The van der Waals surface area contributed by atoms with Crippen molar-refractivity contribution in [3.8, 4) is 0 Å². The highest BCUT2D eigenvalue weighted by molar-refractivity contribution is 7.92. The van der Waals surface area contributed by atoms with E-state index in [1.807, 2.05) is 6.92 Å². The van der Waals surface area contributed by atoms with Crippen molar-refractivity contribution in [2.75, 3.05) is 22.8 Å². The highest BCUT2D eigenvalue weighted by Gasteiger charge is 2.27. The Hall–Kier alpha value is -1.60. The molecule has 0 bridgehead atoms. The average Bonchev–Trinajstić information content (AvgIpc) is 2.40. The van der Waals surface area contributed by atoms with Crippen molar-refractivity contribution in [2.45, 2.75) is 25.8 Å². The molecule has 0 radical (unpaired) electrons. The summed E-state index contributed by atoms with van der Waals surface area (Å²) >= 11 is 0. The third-order valence-electron chi connectivity index (χ3n) is 3.53. The van der Waals surface area contributed by atoms with Crippen LogP contribution in [0.3, 0.4) is 0 Å². The first-order valence-corrected chi connectivity index (χ1v) is 8.87. The van der Waals surface area contributed by atoms with Crippen LogP contribution in [-0.4, -0.2) is 33.2 Å². The number of nitrogens with one attached hydrogen (secondary N) is 3. The molecule has 1 fully saturated rings. The quantitative estimate of drug-likeness (QED) is 0.784. The van der Waals surface area contributed by atoms with Crippen molar-refractivity contribution in [1.82, 2.24) is 5.32 Å². The van der Waals surface area contributed by atoms with Gasteiger partial charge in [-0.25, -0.2) is 8.42 Å². The molecule has 1 heterocycles. The topological polar surface area (TPSA) is 87.3 Å². The number of sulfonamides is 1. The van der Waals surface area contributed by atoms with Crippen LogP contribution in [0.5, 0.6) is 0 Å². The normalized spacial score (nSPS) is 22.6. The summed E-state index contributed by atoms with van der Waals surface area (Å²) in [5.74, 6) is 0.124. The van der Waals surface area contributed by atoms with Gasteiger partial charge >= 0.3 is 0 Å². The van der Waals surface area contributed by atoms with Crippen LogP contribution in [-0.2, 0) is 14.8 Å². The van der Waals surface area contributed by atoms with Gasteiger partial charge < -0.3 is 10.6 Å². The first-order chi connectivity index (χ1) is 9.87. The number of carbonyl (C=O) groups is 1. The molecule has 1 aromatic carbocycles. The minimum Gasteiger partial charge on any atom is -0.323 e. The van der Waals surface area contributed by atoms with E-state index in [4.69, 9.17) is 0 Å². The zero-order valence-electron chi connectivity index (χ0n) is 12.2. The van der Waals surface area contributed by atoms with E-state index in [9.17, 15) is 13.2 Å². The Balaban J connectivity index is 2.13. The van der Waals surface area contributed by atoms with Gasteiger partial charge in [-0.2, -0.15) is 0 Å². The van der Waals surface area contributed by atoms with Crippen LogP contribution in [0.2, 0.25) is 0 Å². The Morgan fingerprint density at radius 1 is 1.29 bits per heavy atom. The summed E-state index contributed by atoms with van der Waals surface area (Å²) < 4.78 is 25.1. The summed E-state index contributed by atoms with van der Waals surface area (Å²) in [5.41, 5.74) is 0.837. The Morgan fingerprint density at radius 2 is 1.95 bits per heavy atom. The SMILES string of the molecule is CC1CCCNC1C(=O)Nc1ccccc1NS(C)(=O)=O. The van der Waals surface area contributed by atoms with Gasteiger partial charge in [0, 0.05) is 0 Å². The predicted molar refractivity (Wildman–Crippen MR) is 83.7 cm³/mol. The fourth-order valence-electron chi connectivity index (χ4n) is 2.49. The summed E-state index contributed by atoms with van der Waals surface area (Å²) in [6, 6.07) is 6.52. The first-order valence-electron chi connectivity index (χ1n) is 6.98. The van der Waals surface area contributed by atoms with Gasteiger partial charge in [-0.1, -0.05) is 19.1 Å². The van der Waals surface area contributed by atoms with Crippen LogP contribution in [0.4, 0.5) is 11.4 Å². The number of anilines is 2. The molecule has 6 nitrogen and oxygen atoms in total. The van der Waals surface area contributed by atoms with Crippen LogP contribution in [0.25, 0.3) is 0 Å². The number of piperidine rings is 1. The van der Waals surface area contributed by atoms with E-state index in [0.29, 0.717) is 11.4 Å². The second-order valence-corrected chi connectivity index (χ2v) is 7.21. The molecule has 1 aromatic rings. The molecule has 2 rings (SSSR count). The van der Waals surface area contributed by atoms with E-state index in [-0.39, 0.29) is 17.9 Å². The molecule has 2 unspecified atom stereocenters. The number of rotatable bonds is 4. The average molecular weight is 311 g/mol. The number of amides is 1. The Kier molecular flexibility index (Phi) is 4.84. The monoisotopic (exact) mass is 311 g/mol. The molecule has 1 amide bonds. The lowest BCUT2D eigenvalue weighted by molar-refractivity contribution is -0.119. The molecule has 1 aliphatic heterocycles. The fraction of sp³-hybridized carbons (Fsp3) is 0.500. The first kappa shape index (κ1) is 15.8. The van der Waals surface area contributed by atoms with Gasteiger partial charge in [-0.15, -0.1) is 0 Å². The molecule has 3 N–H and O–H groups in total. The summed E-state index contributed by atoms with van der Waals surface area (Å²) in [5, 5.41) is 6.01. The molecule has 21 heavy (non-hydrogen) atoms. The van der Waals surface area contributed by atoms with Gasteiger partial charge in [-0.05, 0) is 37.4 Å². The largest absolute Gasteiger partial charge is 0.323 e. The lowest BCUT2D eigenvalue weighted by Crippen LogP contribution is -2.48. The summed E-state index contributed by atoms with van der Waals surface area (Å²) in [6.07, 6.45) is 3.15. The second-order valence-electron chi connectivity index (χ2n) is 5.46. The van der Waals surface area contributed by atoms with Crippen LogP contribution in [0.1, 0.15) is 19.8 Å². The highest BCUT2D eigenvalue weighted by atomic mass is 32.2. The molecule has 116 valence electrons. The maximum Gasteiger partial charge on any atom is 0.241 e. The molecule has 0 spiro atoms. The maximum atomic E-state index is 12.3. The van der Waals surface area contributed by atoms with Gasteiger partial charge in [0.05, 0.1) is 23.7 Å². The molecule has 1 aliphatic rings. The number of benzene rings is 1. The van der Waals surface area contributed by atoms with Crippen molar-refractivity contribution in [1.29, 1.82) is 0 Å². The minimum absolute atomic E-state index is 0.134. The van der Waals surface area contributed by atoms with Gasteiger partial charge in [0.25, 0.3) is 0 Å². The lowest BCUT2D eigenvalue weighted by Gasteiger charge is -2.29. The van der Waals surface area contributed by atoms with Crippen LogP contribution in [0.15, 0.2) is 24.3 Å². The van der Waals surface area contributed by atoms with Crippen molar-refractivity contribution < 1.29 is 13.2 Å². The lowest BCUT2D eigenvalue weighted by atomic mass is 9.92. The van der Waals surface area contributed by atoms with Gasteiger partial charge in [-0.3, -0.25) is 9.52 Å². The van der Waals surface area contributed by atoms with E-state index < -0.39 is 10.0 Å². The molecule has 1 saturated heterocycles. The smallest absolute Gasteiger partial charge is 0.241 e. The van der Waals surface area contributed by atoms with Crippen LogP contribution < -0.4 is 15.4 Å². The third-order valence-corrected chi connectivity index (χ3v) is 4.12. The summed E-state index contributed by atoms with van der Waals surface area (Å²) in [7, 11) is -3.39. The minimum atomic E-state index is -3.39. The van der Waals surface area contributed by atoms with Crippen LogP contribution >= 0.6 is 0 Å². The second kappa shape index (κ2) is 6.44. The number of hydrogen-bond acceptors (Lipinski definition) is 4. The van der Waals surface area contributed by atoms with Crippen molar-refractivity contribution in [3.05, 3.63) is 24.3 Å². The predicted octanol–water partition coefficient (Wildman–Crippen LogP) is 1.38. The maximum absolute atomic E-state index is 12.3. The number of para-hydroxylation sites is 2. The van der Waals surface area contributed by atoms with E-state index in [2.05, 4.69) is 15.4 Å². The third kappa shape index (κ3) is 4.44. The molecule has 7 heteroatoms. The fourth-order valence-corrected chi connectivity index (χ4v) is 3.07. The zero-order valence-corrected chi connectivity index (χ0v) is 13.0. The van der Waals surface area contributed by atoms with Crippen molar-refractivity contribution in [2.24, 2.45) is 5.92 Å². The molecule has 2 atom stereocenters. The molecule has 0 saturated carbocycles. The molecular formula is C14H21N3O3S. The van der Waals surface area contributed by atoms with Crippen LogP contribution in [0, 0.1) is 5.92 Å². The molecular weight excluding hydrogens is 290 g/mol. The van der Waals surface area contributed by atoms with Crippen molar-refractivity contribution >= 4 is 27.3 Å². The number of carbonyl (C=O) groups excluding carboxylic acids is 1. The number of hydrogen-bond donors (Lipinski definition) is 3.